The van der Waals surface area contributed by atoms with Crippen molar-refractivity contribution in [2.75, 3.05) is 18.2 Å². The van der Waals surface area contributed by atoms with Crippen LogP contribution in [0.1, 0.15) is 10.4 Å². The van der Waals surface area contributed by atoms with E-state index in [-0.39, 0.29) is 11.7 Å². The number of anilines is 2. The summed E-state index contributed by atoms with van der Waals surface area (Å²) in [5.41, 5.74) is 7.15. The van der Waals surface area contributed by atoms with Gasteiger partial charge in [0.2, 0.25) is 0 Å². The average molecular weight is 386 g/mol. The molecule has 0 saturated carbocycles. The molecule has 0 radical (unpaired) electrons. The minimum atomic E-state index is -0.375. The zero-order chi connectivity index (χ0) is 14.7. The lowest BCUT2D eigenvalue weighted by Gasteiger charge is -2.10. The number of ether oxygens (including phenoxy) is 1. The van der Waals surface area contributed by atoms with E-state index in [0.29, 0.717) is 26.3 Å². The first-order chi connectivity index (χ1) is 9.51. The molecule has 2 aromatic carbocycles. The highest BCUT2D eigenvalue weighted by atomic mass is 127. The van der Waals surface area contributed by atoms with Crippen LogP contribution in [0.5, 0.6) is 5.75 Å². The number of methoxy groups -OCH3 is 1. The van der Waals surface area contributed by atoms with Gasteiger partial charge in [0.1, 0.15) is 11.6 Å². The number of nitrogens with one attached hydrogen (secondary N) is 1. The summed E-state index contributed by atoms with van der Waals surface area (Å²) in [5.74, 6) is -0.210. The summed E-state index contributed by atoms with van der Waals surface area (Å²) in [7, 11) is 1.50. The van der Waals surface area contributed by atoms with Crippen molar-refractivity contribution in [3.8, 4) is 5.75 Å². The molecule has 0 saturated heterocycles. The van der Waals surface area contributed by atoms with Gasteiger partial charge >= 0.3 is 0 Å². The number of rotatable bonds is 3. The van der Waals surface area contributed by atoms with E-state index >= 15 is 0 Å². The van der Waals surface area contributed by atoms with E-state index in [9.17, 15) is 9.18 Å². The predicted molar refractivity (Wildman–Crippen MR) is 84.5 cm³/mol. The minimum Gasteiger partial charge on any atom is -0.495 e. The van der Waals surface area contributed by atoms with Gasteiger partial charge in [-0.2, -0.15) is 0 Å². The van der Waals surface area contributed by atoms with Gasteiger partial charge in [0.05, 0.1) is 18.4 Å². The summed E-state index contributed by atoms with van der Waals surface area (Å²) >= 11 is 1.92. The molecule has 3 N–H and O–H groups in total. The van der Waals surface area contributed by atoms with Gasteiger partial charge in [0.25, 0.3) is 5.91 Å². The van der Waals surface area contributed by atoms with Gasteiger partial charge in [-0.3, -0.25) is 4.79 Å². The summed E-state index contributed by atoms with van der Waals surface area (Å²) < 4.78 is 18.6. The summed E-state index contributed by atoms with van der Waals surface area (Å²) in [6.07, 6.45) is 0. The highest BCUT2D eigenvalue weighted by molar-refractivity contribution is 14.1. The zero-order valence-electron chi connectivity index (χ0n) is 10.6. The highest BCUT2D eigenvalue weighted by Gasteiger charge is 2.11. The molecule has 1 amide bonds. The lowest BCUT2D eigenvalue weighted by atomic mass is 10.2. The second-order valence-electron chi connectivity index (χ2n) is 4.04. The Balaban J connectivity index is 2.23. The van der Waals surface area contributed by atoms with E-state index in [0.717, 1.165) is 0 Å². The van der Waals surface area contributed by atoms with E-state index < -0.39 is 0 Å². The van der Waals surface area contributed by atoms with Gasteiger partial charge < -0.3 is 15.8 Å². The van der Waals surface area contributed by atoms with E-state index in [1.165, 1.54) is 25.3 Å². The lowest BCUT2D eigenvalue weighted by molar-refractivity contribution is 0.102. The van der Waals surface area contributed by atoms with Crippen LogP contribution in [-0.2, 0) is 0 Å². The Morgan fingerprint density at radius 3 is 2.70 bits per heavy atom. The molecule has 2 aromatic rings. The smallest absolute Gasteiger partial charge is 0.256 e. The normalized spacial score (nSPS) is 10.2. The Morgan fingerprint density at radius 2 is 2.05 bits per heavy atom. The molecular weight excluding hydrogens is 374 g/mol. The van der Waals surface area contributed by atoms with Crippen molar-refractivity contribution in [2.24, 2.45) is 0 Å². The second kappa shape index (κ2) is 6.08. The van der Waals surface area contributed by atoms with E-state index in [2.05, 4.69) is 5.32 Å². The molecule has 0 atom stereocenters. The van der Waals surface area contributed by atoms with Crippen molar-refractivity contribution in [1.29, 1.82) is 0 Å². The average Bonchev–Trinajstić information content (AvgIpc) is 2.40. The molecule has 0 aliphatic heterocycles. The second-order valence-corrected chi connectivity index (χ2v) is 5.20. The molecule has 0 bridgehead atoms. The van der Waals surface area contributed by atoms with Crippen LogP contribution in [0, 0.1) is 9.39 Å². The van der Waals surface area contributed by atoms with Gasteiger partial charge in [0.15, 0.2) is 0 Å². The number of hydrogen-bond acceptors (Lipinski definition) is 3. The largest absolute Gasteiger partial charge is 0.495 e. The number of amides is 1. The third-order valence-corrected chi connectivity index (χ3v) is 3.56. The van der Waals surface area contributed by atoms with Crippen molar-refractivity contribution in [3.63, 3.8) is 0 Å². The number of nitrogens with two attached hydrogens (primary N) is 1. The number of benzene rings is 2. The van der Waals surface area contributed by atoms with Crippen molar-refractivity contribution in [3.05, 3.63) is 51.3 Å². The molecule has 6 heteroatoms. The zero-order valence-corrected chi connectivity index (χ0v) is 12.8. The number of carbonyl (C=O) groups excluding carboxylic acids is 1. The van der Waals surface area contributed by atoms with Crippen LogP contribution in [0.25, 0.3) is 0 Å². The summed E-state index contributed by atoms with van der Waals surface area (Å²) in [4.78, 5) is 12.1. The lowest BCUT2D eigenvalue weighted by Crippen LogP contribution is -2.13. The van der Waals surface area contributed by atoms with Gasteiger partial charge in [0, 0.05) is 15.3 Å². The van der Waals surface area contributed by atoms with Gasteiger partial charge in [-0.15, -0.1) is 0 Å². The van der Waals surface area contributed by atoms with Crippen LogP contribution in [0.2, 0.25) is 0 Å². The van der Waals surface area contributed by atoms with Crippen LogP contribution < -0.4 is 15.8 Å². The van der Waals surface area contributed by atoms with Crippen molar-refractivity contribution >= 4 is 39.9 Å². The molecule has 0 unspecified atom stereocenters. The molecule has 20 heavy (non-hydrogen) atoms. The highest BCUT2D eigenvalue weighted by Crippen LogP contribution is 2.25. The van der Waals surface area contributed by atoms with E-state index in [1.54, 1.807) is 18.2 Å². The Kier molecular flexibility index (Phi) is 4.43. The molecule has 104 valence electrons. The molecular formula is C14H12FIN2O2. The fraction of sp³-hybridized carbons (Fsp3) is 0.0714. The van der Waals surface area contributed by atoms with Crippen molar-refractivity contribution in [1.82, 2.24) is 0 Å². The number of halogens is 2. The molecule has 4 nitrogen and oxygen atoms in total. The summed E-state index contributed by atoms with van der Waals surface area (Å²) in [6.45, 7) is 0. The third-order valence-electron chi connectivity index (χ3n) is 2.67. The van der Waals surface area contributed by atoms with E-state index in [1.807, 2.05) is 22.6 Å². The van der Waals surface area contributed by atoms with Crippen LogP contribution in [0.4, 0.5) is 15.8 Å². The Morgan fingerprint density at radius 1 is 1.30 bits per heavy atom. The maximum Gasteiger partial charge on any atom is 0.256 e. The fourth-order valence-electron chi connectivity index (χ4n) is 1.66. The Labute approximate surface area is 129 Å². The predicted octanol–water partition coefficient (Wildman–Crippen LogP) is 3.27. The first kappa shape index (κ1) is 14.6. The summed E-state index contributed by atoms with van der Waals surface area (Å²) in [6, 6.07) is 8.94. The van der Waals surface area contributed by atoms with Crippen molar-refractivity contribution < 1.29 is 13.9 Å². The standard InChI is InChI=1S/C14H12FIN2O2/c1-20-13-7-9(3-5-12(13)17)18-14(19)10-4-2-8(15)6-11(10)16/h2-7H,17H2,1H3,(H,18,19). The Bertz CT molecular complexity index is 662. The third kappa shape index (κ3) is 3.19. The van der Waals surface area contributed by atoms with Crippen LogP contribution in [0.15, 0.2) is 36.4 Å². The van der Waals surface area contributed by atoms with Crippen LogP contribution in [0.3, 0.4) is 0 Å². The molecule has 0 aliphatic rings. The molecule has 0 aliphatic carbocycles. The van der Waals surface area contributed by atoms with Gasteiger partial charge in [-0.05, 0) is 52.9 Å². The number of hydrogen-bond donors (Lipinski definition) is 2. The fourth-order valence-corrected chi connectivity index (χ4v) is 2.38. The number of carbonyl (C=O) groups is 1. The first-order valence-electron chi connectivity index (χ1n) is 5.71. The van der Waals surface area contributed by atoms with Crippen LogP contribution in [-0.4, -0.2) is 13.0 Å². The molecule has 0 aromatic heterocycles. The molecule has 0 spiro atoms. The maximum atomic E-state index is 13.0. The first-order valence-corrected chi connectivity index (χ1v) is 6.79. The molecule has 0 heterocycles. The van der Waals surface area contributed by atoms with Gasteiger partial charge in [-0.1, -0.05) is 0 Å². The number of nitrogen functional groups attached to an aromatic ring is 1. The maximum absolute atomic E-state index is 13.0. The minimum absolute atomic E-state index is 0.318. The van der Waals surface area contributed by atoms with Crippen molar-refractivity contribution in [2.45, 2.75) is 0 Å². The molecule has 0 fully saturated rings. The van der Waals surface area contributed by atoms with Gasteiger partial charge in [-0.25, -0.2) is 4.39 Å². The monoisotopic (exact) mass is 386 g/mol. The SMILES string of the molecule is COc1cc(NC(=O)c2ccc(F)cc2I)ccc1N. The quantitative estimate of drug-likeness (QED) is 0.629. The topological polar surface area (TPSA) is 64.3 Å². The summed E-state index contributed by atoms with van der Waals surface area (Å²) in [5, 5.41) is 2.72. The van der Waals surface area contributed by atoms with Crippen LogP contribution >= 0.6 is 22.6 Å². The van der Waals surface area contributed by atoms with E-state index in [4.69, 9.17) is 10.5 Å². The Hall–Kier alpha value is -1.83. The molecule has 2 rings (SSSR count).